The average Bonchev–Trinajstić information content (AvgIpc) is 2.53. The summed E-state index contributed by atoms with van der Waals surface area (Å²) in [5, 5.41) is 2.62. The standard InChI is InChI=1S/C17H20N4O2/c1-5-11(2)20-8-6-14-12(16(20)22)10-13-15(18-14)7-9-21(17(13)23)19(3)4/h6-11H,5H2,1-4H3/t11-/m1/s1. The van der Waals surface area contributed by atoms with Crippen LogP contribution in [-0.2, 0) is 0 Å². The molecule has 0 aliphatic rings. The Bertz CT molecular complexity index is 1000. The van der Waals surface area contributed by atoms with Gasteiger partial charge in [-0.1, -0.05) is 6.92 Å². The maximum atomic E-state index is 12.7. The van der Waals surface area contributed by atoms with Crippen LogP contribution < -0.4 is 16.1 Å². The van der Waals surface area contributed by atoms with Crippen molar-refractivity contribution in [3.05, 3.63) is 51.3 Å². The first kappa shape index (κ1) is 15.3. The minimum absolute atomic E-state index is 0.106. The Labute approximate surface area is 133 Å². The van der Waals surface area contributed by atoms with Crippen LogP contribution in [-0.4, -0.2) is 28.3 Å². The van der Waals surface area contributed by atoms with E-state index in [9.17, 15) is 9.59 Å². The molecule has 3 heterocycles. The Morgan fingerprint density at radius 1 is 1.09 bits per heavy atom. The molecular formula is C17H20N4O2. The summed E-state index contributed by atoms with van der Waals surface area (Å²) in [6, 6.07) is 5.40. The highest BCUT2D eigenvalue weighted by Gasteiger charge is 2.12. The lowest BCUT2D eigenvalue weighted by Gasteiger charge is -2.16. The molecule has 0 fully saturated rings. The zero-order valence-corrected chi connectivity index (χ0v) is 13.8. The molecule has 0 amide bonds. The monoisotopic (exact) mass is 312 g/mol. The van der Waals surface area contributed by atoms with Gasteiger partial charge in [-0.3, -0.25) is 9.59 Å². The van der Waals surface area contributed by atoms with Gasteiger partial charge in [-0.05, 0) is 31.5 Å². The van der Waals surface area contributed by atoms with Crippen molar-refractivity contribution in [2.45, 2.75) is 26.3 Å². The molecule has 23 heavy (non-hydrogen) atoms. The van der Waals surface area contributed by atoms with Crippen LogP contribution in [0.5, 0.6) is 0 Å². The summed E-state index contributed by atoms with van der Waals surface area (Å²) in [5.41, 5.74) is 0.927. The van der Waals surface area contributed by atoms with Gasteiger partial charge in [-0.25, -0.2) is 9.66 Å². The number of aromatic nitrogens is 3. The molecule has 6 nitrogen and oxygen atoms in total. The third-order valence-corrected chi connectivity index (χ3v) is 4.25. The van der Waals surface area contributed by atoms with Gasteiger partial charge in [0.25, 0.3) is 11.1 Å². The van der Waals surface area contributed by atoms with Crippen LogP contribution in [0, 0.1) is 0 Å². The van der Waals surface area contributed by atoms with Gasteiger partial charge in [0.05, 0.1) is 21.8 Å². The molecule has 120 valence electrons. The fraction of sp³-hybridized carbons (Fsp3) is 0.353. The Morgan fingerprint density at radius 2 is 1.70 bits per heavy atom. The molecule has 0 unspecified atom stereocenters. The van der Waals surface area contributed by atoms with Gasteiger partial charge in [0.2, 0.25) is 0 Å². The summed E-state index contributed by atoms with van der Waals surface area (Å²) < 4.78 is 3.19. The number of nitrogens with zero attached hydrogens (tertiary/aromatic N) is 4. The van der Waals surface area contributed by atoms with Gasteiger partial charge in [-0.2, -0.15) is 0 Å². The van der Waals surface area contributed by atoms with Crippen molar-refractivity contribution >= 4 is 21.8 Å². The number of hydrogen-bond acceptors (Lipinski definition) is 4. The average molecular weight is 312 g/mol. The molecule has 3 aromatic rings. The van der Waals surface area contributed by atoms with E-state index in [1.807, 2.05) is 19.9 Å². The smallest absolute Gasteiger partial charge is 0.278 e. The van der Waals surface area contributed by atoms with Crippen LogP contribution in [0.25, 0.3) is 21.8 Å². The number of rotatable bonds is 3. The van der Waals surface area contributed by atoms with Gasteiger partial charge in [-0.15, -0.1) is 0 Å². The molecule has 0 radical (unpaired) electrons. The topological polar surface area (TPSA) is 60.1 Å². The van der Waals surface area contributed by atoms with E-state index < -0.39 is 0 Å². The summed E-state index contributed by atoms with van der Waals surface area (Å²) in [5.74, 6) is 0. The van der Waals surface area contributed by atoms with E-state index in [0.717, 1.165) is 6.42 Å². The van der Waals surface area contributed by atoms with Gasteiger partial charge in [0, 0.05) is 32.5 Å². The third-order valence-electron chi connectivity index (χ3n) is 4.25. The Kier molecular flexibility index (Phi) is 3.67. The quantitative estimate of drug-likeness (QED) is 0.693. The summed E-state index contributed by atoms with van der Waals surface area (Å²) >= 11 is 0. The van der Waals surface area contributed by atoms with E-state index in [1.165, 1.54) is 4.68 Å². The molecule has 0 aliphatic carbocycles. The van der Waals surface area contributed by atoms with Crippen LogP contribution in [0.15, 0.2) is 40.2 Å². The molecule has 3 rings (SSSR count). The lowest BCUT2D eigenvalue weighted by atomic mass is 10.1. The van der Waals surface area contributed by atoms with Crippen molar-refractivity contribution < 1.29 is 0 Å². The van der Waals surface area contributed by atoms with E-state index >= 15 is 0 Å². The molecule has 0 saturated carbocycles. The largest absolute Gasteiger partial charge is 0.316 e. The van der Waals surface area contributed by atoms with Gasteiger partial charge in [0.1, 0.15) is 0 Å². The van der Waals surface area contributed by atoms with Crippen molar-refractivity contribution in [2.75, 3.05) is 19.1 Å². The second-order valence-electron chi connectivity index (χ2n) is 5.95. The lowest BCUT2D eigenvalue weighted by molar-refractivity contribution is 0.517. The Hall–Kier alpha value is -2.63. The van der Waals surface area contributed by atoms with Gasteiger partial charge in [0.15, 0.2) is 0 Å². The SMILES string of the molecule is CC[C@@H](C)n1ccc2nc3ccn(N(C)C)c(=O)c3cc2c1=O. The molecule has 0 spiro atoms. The highest BCUT2D eigenvalue weighted by molar-refractivity contribution is 5.91. The number of hydrogen-bond donors (Lipinski definition) is 0. The molecule has 0 bridgehead atoms. The molecular weight excluding hydrogens is 292 g/mol. The van der Waals surface area contributed by atoms with E-state index in [0.29, 0.717) is 21.8 Å². The van der Waals surface area contributed by atoms with Crippen molar-refractivity contribution in [2.24, 2.45) is 0 Å². The van der Waals surface area contributed by atoms with E-state index in [1.54, 1.807) is 48.2 Å². The molecule has 6 heteroatoms. The first-order chi connectivity index (χ1) is 10.9. The molecule has 1 atom stereocenters. The van der Waals surface area contributed by atoms with E-state index in [4.69, 9.17) is 0 Å². The predicted molar refractivity (Wildman–Crippen MR) is 92.8 cm³/mol. The zero-order chi connectivity index (χ0) is 16.7. The minimum Gasteiger partial charge on any atom is -0.316 e. The normalized spacial score (nSPS) is 12.7. The maximum Gasteiger partial charge on any atom is 0.278 e. The Morgan fingerprint density at radius 3 is 2.30 bits per heavy atom. The molecule has 0 saturated heterocycles. The lowest BCUT2D eigenvalue weighted by Crippen LogP contribution is -2.35. The number of pyridine rings is 3. The first-order valence-electron chi connectivity index (χ1n) is 7.69. The Balaban J connectivity index is 2.38. The van der Waals surface area contributed by atoms with Crippen molar-refractivity contribution in [3.63, 3.8) is 0 Å². The maximum absolute atomic E-state index is 12.7. The van der Waals surface area contributed by atoms with E-state index in [-0.39, 0.29) is 17.2 Å². The second kappa shape index (κ2) is 5.53. The third kappa shape index (κ3) is 2.40. The van der Waals surface area contributed by atoms with Crippen LogP contribution in [0.1, 0.15) is 26.3 Å². The molecule has 3 aromatic heterocycles. The molecule has 0 aromatic carbocycles. The van der Waals surface area contributed by atoms with Crippen molar-refractivity contribution in [3.8, 4) is 0 Å². The van der Waals surface area contributed by atoms with Crippen LogP contribution in [0.4, 0.5) is 0 Å². The number of fused-ring (bicyclic) bond motifs is 2. The fourth-order valence-corrected chi connectivity index (χ4v) is 2.69. The first-order valence-corrected chi connectivity index (χ1v) is 7.69. The van der Waals surface area contributed by atoms with Crippen molar-refractivity contribution in [1.82, 2.24) is 14.2 Å². The second-order valence-corrected chi connectivity index (χ2v) is 5.95. The van der Waals surface area contributed by atoms with Crippen LogP contribution in [0.2, 0.25) is 0 Å². The highest BCUT2D eigenvalue weighted by Crippen LogP contribution is 2.16. The molecule has 0 N–H and O–H groups in total. The van der Waals surface area contributed by atoms with Crippen molar-refractivity contribution in [1.29, 1.82) is 0 Å². The minimum atomic E-state index is -0.180. The summed E-state index contributed by atoms with van der Waals surface area (Å²) in [4.78, 5) is 29.8. The fourth-order valence-electron chi connectivity index (χ4n) is 2.69. The van der Waals surface area contributed by atoms with E-state index in [2.05, 4.69) is 4.98 Å². The van der Waals surface area contributed by atoms with Crippen LogP contribution >= 0.6 is 0 Å². The zero-order valence-electron chi connectivity index (χ0n) is 13.8. The highest BCUT2D eigenvalue weighted by atomic mass is 16.1. The van der Waals surface area contributed by atoms with Gasteiger partial charge < -0.3 is 9.58 Å². The van der Waals surface area contributed by atoms with Crippen LogP contribution in [0.3, 0.4) is 0 Å². The summed E-state index contributed by atoms with van der Waals surface area (Å²) in [6.45, 7) is 4.04. The van der Waals surface area contributed by atoms with Gasteiger partial charge >= 0.3 is 0 Å². The molecule has 0 aliphatic heterocycles. The summed E-state index contributed by atoms with van der Waals surface area (Å²) in [7, 11) is 3.58. The summed E-state index contributed by atoms with van der Waals surface area (Å²) in [6.07, 6.45) is 4.32. The predicted octanol–water partition coefficient (Wildman–Crippen LogP) is 1.88.